The Morgan fingerprint density at radius 1 is 1.15 bits per heavy atom. The molecule has 0 amide bonds. The molecule has 0 unspecified atom stereocenters. The molecule has 0 bridgehead atoms. The zero-order valence-corrected chi connectivity index (χ0v) is 10.2. The normalized spacial score (nSPS) is 26.8. The number of nitrogens with zero attached hydrogens (tertiary/aromatic N) is 2. The van der Waals surface area contributed by atoms with Gasteiger partial charge in [-0.25, -0.2) is 4.31 Å². The maximum absolute atomic E-state index is 2.46. The first-order valence-electron chi connectivity index (χ1n) is 5.22. The molecule has 0 atom stereocenters. The minimum absolute atomic E-state index is 0.692. The molecule has 2 aliphatic rings. The van der Waals surface area contributed by atoms with Crippen molar-refractivity contribution in [2.24, 2.45) is 5.41 Å². The third-order valence-corrected chi connectivity index (χ3v) is 3.69. The topological polar surface area (TPSA) is 6.48 Å². The molecule has 0 aromatic heterocycles. The van der Waals surface area contributed by atoms with Gasteiger partial charge in [0.2, 0.25) is 0 Å². The summed E-state index contributed by atoms with van der Waals surface area (Å²) in [4.78, 5) is 2.46. The summed E-state index contributed by atoms with van der Waals surface area (Å²) in [6.45, 7) is 9.27. The molecule has 0 saturated carbocycles. The average Bonchev–Trinajstić information content (AvgIpc) is 2.48. The van der Waals surface area contributed by atoms with E-state index in [-0.39, 0.29) is 0 Å². The van der Waals surface area contributed by atoms with Crippen LogP contribution >= 0.6 is 11.9 Å². The largest absolute Gasteiger partial charge is 0.306 e. The van der Waals surface area contributed by atoms with Crippen LogP contribution in [0.15, 0.2) is 0 Å². The van der Waals surface area contributed by atoms with Gasteiger partial charge < -0.3 is 4.90 Å². The van der Waals surface area contributed by atoms with Crippen LogP contribution in [-0.4, -0.2) is 48.7 Å². The first-order chi connectivity index (χ1) is 6.24. The second kappa shape index (κ2) is 4.67. The molecule has 0 N–H and O–H groups in total. The first kappa shape index (κ1) is 11.3. The highest BCUT2D eigenvalue weighted by Crippen LogP contribution is 2.41. The van der Waals surface area contributed by atoms with E-state index < -0.39 is 0 Å². The lowest BCUT2D eigenvalue weighted by Crippen LogP contribution is -2.53. The van der Waals surface area contributed by atoms with Crippen molar-refractivity contribution in [1.82, 2.24) is 9.21 Å². The molecular formula is C10H22N2S. The van der Waals surface area contributed by atoms with Crippen LogP contribution in [0, 0.1) is 5.41 Å². The van der Waals surface area contributed by atoms with Gasteiger partial charge in [-0.15, -0.1) is 0 Å². The molecule has 2 fully saturated rings. The highest BCUT2D eigenvalue weighted by Gasteiger charge is 2.46. The highest BCUT2D eigenvalue weighted by atomic mass is 32.2. The van der Waals surface area contributed by atoms with Crippen LogP contribution in [0.25, 0.3) is 0 Å². The zero-order chi connectivity index (χ0) is 9.90. The summed E-state index contributed by atoms with van der Waals surface area (Å²) < 4.78 is 2.46. The van der Waals surface area contributed by atoms with E-state index in [9.17, 15) is 0 Å². The molecule has 3 heteroatoms. The van der Waals surface area contributed by atoms with Crippen molar-refractivity contribution < 1.29 is 0 Å². The van der Waals surface area contributed by atoms with Crippen molar-refractivity contribution >= 4 is 11.9 Å². The van der Waals surface area contributed by atoms with Gasteiger partial charge in [0.15, 0.2) is 0 Å². The second-order valence-electron chi connectivity index (χ2n) is 3.97. The van der Waals surface area contributed by atoms with Gasteiger partial charge in [0, 0.05) is 25.0 Å². The number of hydrogen-bond donors (Lipinski definition) is 0. The van der Waals surface area contributed by atoms with Crippen LogP contribution in [0.2, 0.25) is 0 Å². The zero-order valence-electron chi connectivity index (χ0n) is 9.34. The molecule has 2 nitrogen and oxygen atoms in total. The lowest BCUT2D eigenvalue weighted by molar-refractivity contribution is 0.0919. The predicted octanol–water partition coefficient (Wildman–Crippen LogP) is 1.93. The number of likely N-dealkylation sites (tertiary alicyclic amines) is 1. The molecule has 78 valence electrons. The summed E-state index contributed by atoms with van der Waals surface area (Å²) in [5, 5.41) is 0. The molecule has 0 aromatic carbocycles. The molecule has 0 radical (unpaired) electrons. The van der Waals surface area contributed by atoms with Gasteiger partial charge in [0.1, 0.15) is 0 Å². The maximum atomic E-state index is 2.46. The fourth-order valence-corrected chi connectivity index (χ4v) is 3.05. The van der Waals surface area contributed by atoms with Crippen LogP contribution in [0.5, 0.6) is 0 Å². The summed E-state index contributed by atoms with van der Waals surface area (Å²) in [6, 6.07) is 0. The summed E-state index contributed by atoms with van der Waals surface area (Å²) >= 11 is 1.89. The Kier molecular flexibility index (Phi) is 4.07. The molecular weight excluding hydrogens is 180 g/mol. The van der Waals surface area contributed by atoms with Gasteiger partial charge in [-0.2, -0.15) is 0 Å². The first-order valence-corrected chi connectivity index (χ1v) is 6.40. The van der Waals surface area contributed by atoms with E-state index in [1.165, 1.54) is 32.6 Å². The van der Waals surface area contributed by atoms with Crippen molar-refractivity contribution in [3.8, 4) is 0 Å². The summed E-state index contributed by atoms with van der Waals surface area (Å²) in [5.41, 5.74) is 0.692. The molecule has 2 aliphatic heterocycles. The summed E-state index contributed by atoms with van der Waals surface area (Å²) in [5.74, 6) is 0. The lowest BCUT2D eigenvalue weighted by atomic mass is 9.81. The van der Waals surface area contributed by atoms with E-state index >= 15 is 0 Å². The summed E-state index contributed by atoms with van der Waals surface area (Å²) in [7, 11) is 2.23. The Hall–Kier alpha value is 0.270. The van der Waals surface area contributed by atoms with Crippen LogP contribution < -0.4 is 0 Å². The monoisotopic (exact) mass is 202 g/mol. The maximum Gasteiger partial charge on any atom is 0.0171 e. The second-order valence-corrected chi connectivity index (χ2v) is 4.85. The highest BCUT2D eigenvalue weighted by molar-refractivity contribution is 7.96. The van der Waals surface area contributed by atoms with Crippen LogP contribution in [0.4, 0.5) is 0 Å². The average molecular weight is 202 g/mol. The SMILES string of the molecule is CC.CSN1CC2(CCN(C)C2)C1. The van der Waals surface area contributed by atoms with Gasteiger partial charge in [0.25, 0.3) is 0 Å². The Morgan fingerprint density at radius 2 is 1.77 bits per heavy atom. The van der Waals surface area contributed by atoms with E-state index in [1.54, 1.807) is 0 Å². The van der Waals surface area contributed by atoms with Crippen molar-refractivity contribution in [3.05, 3.63) is 0 Å². The molecule has 1 spiro atoms. The minimum atomic E-state index is 0.692. The van der Waals surface area contributed by atoms with Gasteiger partial charge >= 0.3 is 0 Å². The van der Waals surface area contributed by atoms with E-state index in [1.807, 2.05) is 25.8 Å². The van der Waals surface area contributed by atoms with Crippen molar-refractivity contribution in [2.75, 3.05) is 39.5 Å². The number of rotatable bonds is 1. The Labute approximate surface area is 86.8 Å². The van der Waals surface area contributed by atoms with E-state index in [2.05, 4.69) is 22.5 Å². The van der Waals surface area contributed by atoms with Crippen molar-refractivity contribution in [3.63, 3.8) is 0 Å². The standard InChI is InChI=1S/C8H16N2S.C2H6/c1-9-4-3-8(5-9)6-10(7-8)11-2;1-2/h3-7H2,1-2H3;1-2H3. The molecule has 2 rings (SSSR count). The molecule has 0 aliphatic carbocycles. The number of hydrogen-bond acceptors (Lipinski definition) is 3. The smallest absolute Gasteiger partial charge is 0.0171 e. The van der Waals surface area contributed by atoms with Crippen LogP contribution in [0.3, 0.4) is 0 Å². The van der Waals surface area contributed by atoms with E-state index in [0.717, 1.165) is 0 Å². The Bertz CT molecular complexity index is 155. The van der Waals surface area contributed by atoms with E-state index in [0.29, 0.717) is 5.41 Å². The van der Waals surface area contributed by atoms with Crippen molar-refractivity contribution in [1.29, 1.82) is 0 Å². The quantitative estimate of drug-likeness (QED) is 0.600. The Morgan fingerprint density at radius 3 is 2.15 bits per heavy atom. The summed E-state index contributed by atoms with van der Waals surface area (Å²) in [6.07, 6.45) is 3.59. The molecule has 2 saturated heterocycles. The van der Waals surface area contributed by atoms with Gasteiger partial charge in [-0.05, 0) is 26.3 Å². The van der Waals surface area contributed by atoms with Crippen LogP contribution in [0.1, 0.15) is 20.3 Å². The van der Waals surface area contributed by atoms with E-state index in [4.69, 9.17) is 0 Å². The van der Waals surface area contributed by atoms with Gasteiger partial charge in [-0.1, -0.05) is 25.8 Å². The van der Waals surface area contributed by atoms with Crippen molar-refractivity contribution in [2.45, 2.75) is 20.3 Å². The Balaban J connectivity index is 0.000000396. The molecule has 0 aromatic rings. The third-order valence-electron chi connectivity index (χ3n) is 2.91. The van der Waals surface area contributed by atoms with Gasteiger partial charge in [-0.3, -0.25) is 0 Å². The molecule has 13 heavy (non-hydrogen) atoms. The lowest BCUT2D eigenvalue weighted by Gasteiger charge is -2.46. The van der Waals surface area contributed by atoms with Gasteiger partial charge in [0.05, 0.1) is 0 Å². The molecule has 2 heterocycles. The fourth-order valence-electron chi connectivity index (χ4n) is 2.25. The fraction of sp³-hybridized carbons (Fsp3) is 1.00. The third kappa shape index (κ3) is 2.39. The minimum Gasteiger partial charge on any atom is -0.306 e. The van der Waals surface area contributed by atoms with Crippen LogP contribution in [-0.2, 0) is 0 Å². The predicted molar refractivity (Wildman–Crippen MR) is 61.0 cm³/mol.